The molecule has 1 aliphatic heterocycles. The summed E-state index contributed by atoms with van der Waals surface area (Å²) in [5, 5.41) is 18.9. The third-order valence-corrected chi connectivity index (χ3v) is 3.78. The minimum Gasteiger partial charge on any atom is -0.391 e. The van der Waals surface area contributed by atoms with Crippen LogP contribution < -0.4 is 4.90 Å². The molecule has 0 radical (unpaired) electrons. The number of hydrogen-bond donors (Lipinski definition) is 1. The Morgan fingerprint density at radius 3 is 2.77 bits per heavy atom. The van der Waals surface area contributed by atoms with Gasteiger partial charge in [-0.1, -0.05) is 6.07 Å². The van der Waals surface area contributed by atoms with E-state index in [1.807, 2.05) is 6.07 Å². The van der Waals surface area contributed by atoms with Crippen molar-refractivity contribution in [3.8, 4) is 6.07 Å². The van der Waals surface area contributed by atoms with Crippen LogP contribution in [0.4, 0.5) is 14.6 Å². The Balaban J connectivity index is 1.98. The number of nitriles is 1. The Labute approximate surface area is 126 Å². The van der Waals surface area contributed by atoms with Crippen molar-refractivity contribution in [3.63, 3.8) is 0 Å². The predicted octanol–water partition coefficient (Wildman–Crippen LogP) is 2.54. The molecule has 1 aromatic heterocycles. The average Bonchev–Trinajstić information content (AvgIpc) is 2.92. The van der Waals surface area contributed by atoms with Crippen molar-refractivity contribution in [3.05, 3.63) is 59.3 Å². The van der Waals surface area contributed by atoms with Gasteiger partial charge in [0.1, 0.15) is 5.82 Å². The Morgan fingerprint density at radius 1 is 1.23 bits per heavy atom. The maximum absolute atomic E-state index is 13.5. The second-order valence-electron chi connectivity index (χ2n) is 5.25. The molecule has 2 aromatic rings. The van der Waals surface area contributed by atoms with Gasteiger partial charge in [-0.15, -0.1) is 0 Å². The van der Waals surface area contributed by atoms with Gasteiger partial charge in [0.05, 0.1) is 23.8 Å². The lowest BCUT2D eigenvalue weighted by Gasteiger charge is -2.25. The van der Waals surface area contributed by atoms with Crippen LogP contribution in [0.3, 0.4) is 0 Å². The van der Waals surface area contributed by atoms with E-state index in [-0.39, 0.29) is 6.04 Å². The van der Waals surface area contributed by atoms with Crippen LogP contribution in [0.1, 0.15) is 23.6 Å². The lowest BCUT2D eigenvalue weighted by atomic mass is 10.0. The van der Waals surface area contributed by atoms with Crippen LogP contribution >= 0.6 is 0 Å². The van der Waals surface area contributed by atoms with Crippen LogP contribution in [-0.2, 0) is 0 Å². The zero-order chi connectivity index (χ0) is 15.7. The second kappa shape index (κ2) is 5.70. The van der Waals surface area contributed by atoms with Gasteiger partial charge >= 0.3 is 0 Å². The number of rotatable bonds is 2. The molecule has 2 atom stereocenters. The fraction of sp³-hybridized carbons (Fsp3) is 0.250. The summed E-state index contributed by atoms with van der Waals surface area (Å²) in [5.41, 5.74) is 1.02. The molecule has 1 saturated heterocycles. The first-order valence-electron chi connectivity index (χ1n) is 6.84. The molecule has 0 spiro atoms. The average molecular weight is 301 g/mol. The van der Waals surface area contributed by atoms with E-state index >= 15 is 0 Å². The van der Waals surface area contributed by atoms with Gasteiger partial charge in [0, 0.05) is 12.7 Å². The second-order valence-corrected chi connectivity index (χ2v) is 5.25. The number of nitrogens with zero attached hydrogens (tertiary/aromatic N) is 3. The molecule has 4 nitrogen and oxygen atoms in total. The monoisotopic (exact) mass is 301 g/mol. The van der Waals surface area contributed by atoms with Crippen molar-refractivity contribution in [1.82, 2.24) is 4.98 Å². The maximum atomic E-state index is 13.5. The number of aliphatic hydroxyl groups excluding tert-OH is 1. The number of hydrogen-bond acceptors (Lipinski definition) is 4. The van der Waals surface area contributed by atoms with Crippen LogP contribution in [0.5, 0.6) is 0 Å². The van der Waals surface area contributed by atoms with Gasteiger partial charge in [-0.2, -0.15) is 5.26 Å². The quantitative estimate of drug-likeness (QED) is 0.926. The smallest absolute Gasteiger partial charge is 0.159 e. The van der Waals surface area contributed by atoms with Gasteiger partial charge in [-0.25, -0.2) is 13.8 Å². The van der Waals surface area contributed by atoms with Crippen LogP contribution in [0, 0.1) is 23.0 Å². The van der Waals surface area contributed by atoms with Gasteiger partial charge in [0.25, 0.3) is 0 Å². The largest absolute Gasteiger partial charge is 0.391 e. The van der Waals surface area contributed by atoms with E-state index in [2.05, 4.69) is 4.98 Å². The molecular weight excluding hydrogens is 288 g/mol. The van der Waals surface area contributed by atoms with E-state index in [0.29, 0.717) is 29.9 Å². The summed E-state index contributed by atoms with van der Waals surface area (Å²) in [4.78, 5) is 6.02. The highest BCUT2D eigenvalue weighted by Gasteiger charge is 2.33. The number of halogens is 2. The molecule has 1 fully saturated rings. The molecule has 112 valence electrons. The van der Waals surface area contributed by atoms with Gasteiger partial charge in [-0.3, -0.25) is 0 Å². The molecule has 2 heterocycles. The van der Waals surface area contributed by atoms with Crippen LogP contribution in [-0.4, -0.2) is 22.7 Å². The Hall–Kier alpha value is -2.52. The Bertz CT molecular complexity index is 744. The highest BCUT2D eigenvalue weighted by Crippen LogP contribution is 2.36. The Kier molecular flexibility index (Phi) is 3.73. The predicted molar refractivity (Wildman–Crippen MR) is 76.0 cm³/mol. The number of anilines is 1. The van der Waals surface area contributed by atoms with E-state index in [4.69, 9.17) is 5.26 Å². The third kappa shape index (κ3) is 2.63. The minimum absolute atomic E-state index is 0.313. The summed E-state index contributed by atoms with van der Waals surface area (Å²) in [7, 11) is 0. The summed E-state index contributed by atoms with van der Waals surface area (Å²) >= 11 is 0. The van der Waals surface area contributed by atoms with E-state index in [9.17, 15) is 13.9 Å². The maximum Gasteiger partial charge on any atom is 0.159 e. The molecule has 1 N–H and O–H groups in total. The molecule has 1 aliphatic rings. The van der Waals surface area contributed by atoms with Crippen LogP contribution in [0.15, 0.2) is 36.5 Å². The van der Waals surface area contributed by atoms with Crippen LogP contribution in [0.25, 0.3) is 0 Å². The van der Waals surface area contributed by atoms with E-state index in [0.717, 1.165) is 12.1 Å². The van der Waals surface area contributed by atoms with E-state index in [1.165, 1.54) is 12.3 Å². The fourth-order valence-electron chi connectivity index (χ4n) is 2.75. The topological polar surface area (TPSA) is 60.2 Å². The van der Waals surface area contributed by atoms with Crippen molar-refractivity contribution in [1.29, 1.82) is 5.26 Å². The number of pyridine rings is 1. The van der Waals surface area contributed by atoms with Crippen molar-refractivity contribution >= 4 is 5.82 Å². The molecule has 3 rings (SSSR count). The summed E-state index contributed by atoms with van der Waals surface area (Å²) in [6, 6.07) is 8.64. The van der Waals surface area contributed by atoms with E-state index in [1.54, 1.807) is 17.0 Å². The molecule has 0 unspecified atom stereocenters. The minimum atomic E-state index is -0.919. The van der Waals surface area contributed by atoms with Crippen molar-refractivity contribution in [2.24, 2.45) is 0 Å². The summed E-state index contributed by atoms with van der Waals surface area (Å²) in [5.74, 6) is -1.29. The molecular formula is C16H13F2N3O. The first-order valence-corrected chi connectivity index (χ1v) is 6.84. The van der Waals surface area contributed by atoms with Gasteiger partial charge in [0.2, 0.25) is 0 Å². The first kappa shape index (κ1) is 14.4. The number of β-amino-alcohol motifs (C(OH)–C–C–N with tert-alkyl or cyclic N) is 1. The molecule has 0 saturated carbocycles. The summed E-state index contributed by atoms with van der Waals surface area (Å²) < 4.78 is 26.6. The molecule has 6 heteroatoms. The molecule has 0 aliphatic carbocycles. The molecule has 1 aromatic carbocycles. The van der Waals surface area contributed by atoms with Crippen molar-refractivity contribution in [2.75, 3.05) is 11.4 Å². The van der Waals surface area contributed by atoms with Crippen LogP contribution in [0.2, 0.25) is 0 Å². The molecule has 0 amide bonds. The van der Waals surface area contributed by atoms with Gasteiger partial charge in [0.15, 0.2) is 11.6 Å². The lowest BCUT2D eigenvalue weighted by molar-refractivity contribution is 0.194. The normalized spacial score (nSPS) is 20.9. The van der Waals surface area contributed by atoms with Crippen molar-refractivity contribution < 1.29 is 13.9 Å². The highest BCUT2D eigenvalue weighted by atomic mass is 19.2. The number of benzene rings is 1. The fourth-order valence-corrected chi connectivity index (χ4v) is 2.75. The SMILES string of the molecule is N#Cc1ccnc(N2C[C@@H](O)C[C@@H]2c2ccc(F)c(F)c2)c1. The van der Waals surface area contributed by atoms with E-state index < -0.39 is 17.7 Å². The molecule has 0 bridgehead atoms. The molecule has 22 heavy (non-hydrogen) atoms. The van der Waals surface area contributed by atoms with Gasteiger partial charge in [-0.05, 0) is 36.2 Å². The van der Waals surface area contributed by atoms with Gasteiger partial charge < -0.3 is 10.0 Å². The third-order valence-electron chi connectivity index (χ3n) is 3.78. The summed E-state index contributed by atoms with van der Waals surface area (Å²) in [6.45, 7) is 0.325. The lowest BCUT2D eigenvalue weighted by Crippen LogP contribution is -2.25. The van der Waals surface area contributed by atoms with Crippen molar-refractivity contribution in [2.45, 2.75) is 18.6 Å². The summed E-state index contributed by atoms with van der Waals surface area (Å²) in [6.07, 6.45) is 1.32. The Morgan fingerprint density at radius 2 is 2.05 bits per heavy atom. The number of aromatic nitrogens is 1. The first-order chi connectivity index (χ1) is 10.6. The standard InChI is InChI=1S/C16H13F2N3O/c17-13-2-1-11(6-14(13)18)15-7-12(22)9-21(15)16-5-10(8-19)3-4-20-16/h1-6,12,15,22H,7,9H2/t12-,15+/m0/s1. The number of aliphatic hydroxyl groups is 1. The zero-order valence-corrected chi connectivity index (χ0v) is 11.6. The zero-order valence-electron chi connectivity index (χ0n) is 11.6. The highest BCUT2D eigenvalue weighted by molar-refractivity contribution is 5.49.